The quantitative estimate of drug-likeness (QED) is 0.585. The van der Waals surface area contributed by atoms with E-state index in [0.29, 0.717) is 28.0 Å². The minimum atomic E-state index is -0.511. The summed E-state index contributed by atoms with van der Waals surface area (Å²) in [5.41, 5.74) is 1.58. The Morgan fingerprint density at radius 3 is 2.67 bits per heavy atom. The molecule has 2 aromatic rings. The van der Waals surface area contributed by atoms with E-state index in [9.17, 15) is 10.1 Å². The Bertz CT molecular complexity index is 686. The van der Waals surface area contributed by atoms with E-state index in [1.54, 1.807) is 36.4 Å². The summed E-state index contributed by atoms with van der Waals surface area (Å²) in [5.74, 6) is 0.617. The van der Waals surface area contributed by atoms with E-state index in [1.807, 2.05) is 6.07 Å². The number of hydrogen-bond donors (Lipinski definition) is 0. The zero-order valence-corrected chi connectivity index (χ0v) is 12.3. The highest BCUT2D eigenvalue weighted by Gasteiger charge is 2.01. The standard InChI is InChI=1S/C15H11Cl2NO3/c16-14-5-4-12(9-15(14)17)10-21-13-3-1-2-11(8-13)6-7-18(19)20/h1-9H,10H2/b7-6+. The average Bonchev–Trinajstić information content (AvgIpc) is 2.47. The minimum Gasteiger partial charge on any atom is -0.489 e. The van der Waals surface area contributed by atoms with Gasteiger partial charge in [-0.05, 0) is 35.4 Å². The Morgan fingerprint density at radius 1 is 1.14 bits per heavy atom. The van der Waals surface area contributed by atoms with Crippen LogP contribution in [0.3, 0.4) is 0 Å². The van der Waals surface area contributed by atoms with Crippen molar-refractivity contribution in [3.63, 3.8) is 0 Å². The Balaban J connectivity index is 2.04. The van der Waals surface area contributed by atoms with Crippen LogP contribution in [0, 0.1) is 10.1 Å². The second-order valence-corrected chi connectivity index (χ2v) is 5.03. The minimum absolute atomic E-state index is 0.333. The van der Waals surface area contributed by atoms with Crippen molar-refractivity contribution < 1.29 is 9.66 Å². The highest BCUT2D eigenvalue weighted by atomic mass is 35.5. The second kappa shape index (κ2) is 7.11. The van der Waals surface area contributed by atoms with Gasteiger partial charge in [-0.1, -0.05) is 41.4 Å². The molecule has 0 N–H and O–H groups in total. The SMILES string of the molecule is O=[N+]([O-])/C=C/c1cccc(OCc2ccc(Cl)c(Cl)c2)c1. The van der Waals surface area contributed by atoms with Gasteiger partial charge in [-0.3, -0.25) is 10.1 Å². The molecule has 0 bridgehead atoms. The van der Waals surface area contributed by atoms with Crippen LogP contribution in [0.4, 0.5) is 0 Å². The molecule has 21 heavy (non-hydrogen) atoms. The fourth-order valence-corrected chi connectivity index (χ4v) is 1.97. The average molecular weight is 324 g/mol. The maximum atomic E-state index is 10.3. The summed E-state index contributed by atoms with van der Waals surface area (Å²) in [7, 11) is 0. The van der Waals surface area contributed by atoms with Crippen LogP contribution in [0.1, 0.15) is 11.1 Å². The molecule has 0 heterocycles. The van der Waals surface area contributed by atoms with Crippen molar-refractivity contribution in [3.05, 3.63) is 80.0 Å². The van der Waals surface area contributed by atoms with Crippen LogP contribution >= 0.6 is 23.2 Å². The van der Waals surface area contributed by atoms with Crippen molar-refractivity contribution in [2.45, 2.75) is 6.61 Å². The van der Waals surface area contributed by atoms with Crippen LogP contribution in [0.15, 0.2) is 48.7 Å². The van der Waals surface area contributed by atoms with Crippen molar-refractivity contribution in [1.82, 2.24) is 0 Å². The molecule has 0 radical (unpaired) electrons. The highest BCUT2D eigenvalue weighted by Crippen LogP contribution is 2.23. The first-order valence-corrected chi connectivity index (χ1v) is 6.79. The van der Waals surface area contributed by atoms with Gasteiger partial charge >= 0.3 is 0 Å². The van der Waals surface area contributed by atoms with E-state index in [0.717, 1.165) is 11.8 Å². The van der Waals surface area contributed by atoms with E-state index in [1.165, 1.54) is 6.08 Å². The Labute approximate surface area is 131 Å². The number of nitrogens with zero attached hydrogens (tertiary/aromatic N) is 1. The normalized spacial score (nSPS) is 10.8. The third kappa shape index (κ3) is 4.77. The number of halogens is 2. The molecule has 2 aromatic carbocycles. The van der Waals surface area contributed by atoms with Crippen LogP contribution in [-0.2, 0) is 6.61 Å². The van der Waals surface area contributed by atoms with Gasteiger partial charge in [0.15, 0.2) is 0 Å². The molecule has 4 nitrogen and oxygen atoms in total. The molecule has 0 aliphatic rings. The molecule has 2 rings (SSSR count). The molecule has 0 fully saturated rings. The lowest BCUT2D eigenvalue weighted by Gasteiger charge is -2.07. The molecule has 0 aliphatic carbocycles. The van der Waals surface area contributed by atoms with Crippen LogP contribution in [0.5, 0.6) is 5.75 Å². The van der Waals surface area contributed by atoms with Crippen molar-refractivity contribution in [2.24, 2.45) is 0 Å². The van der Waals surface area contributed by atoms with E-state index < -0.39 is 4.92 Å². The summed E-state index contributed by atoms with van der Waals surface area (Å²) in [6, 6.07) is 12.3. The van der Waals surface area contributed by atoms with Gasteiger partial charge in [0.05, 0.1) is 15.0 Å². The third-order valence-corrected chi connectivity index (χ3v) is 3.38. The molecular weight excluding hydrogens is 313 g/mol. The lowest BCUT2D eigenvalue weighted by Crippen LogP contribution is -1.95. The summed E-state index contributed by atoms with van der Waals surface area (Å²) in [6.07, 6.45) is 2.30. The number of hydrogen-bond acceptors (Lipinski definition) is 3. The lowest BCUT2D eigenvalue weighted by atomic mass is 10.2. The Kier molecular flexibility index (Phi) is 5.20. The second-order valence-electron chi connectivity index (χ2n) is 4.21. The Morgan fingerprint density at radius 2 is 1.95 bits per heavy atom. The molecule has 0 atom stereocenters. The van der Waals surface area contributed by atoms with Crippen molar-refractivity contribution in [3.8, 4) is 5.75 Å². The fraction of sp³-hybridized carbons (Fsp3) is 0.0667. The molecule has 0 aliphatic heterocycles. The zero-order valence-electron chi connectivity index (χ0n) is 10.8. The monoisotopic (exact) mass is 323 g/mol. The van der Waals surface area contributed by atoms with Crippen LogP contribution in [0.2, 0.25) is 10.0 Å². The lowest BCUT2D eigenvalue weighted by molar-refractivity contribution is -0.400. The van der Waals surface area contributed by atoms with E-state index in [-0.39, 0.29) is 0 Å². The van der Waals surface area contributed by atoms with Gasteiger partial charge in [-0.15, -0.1) is 0 Å². The first kappa shape index (κ1) is 15.4. The molecular formula is C15H11Cl2NO3. The van der Waals surface area contributed by atoms with Crippen molar-refractivity contribution >= 4 is 29.3 Å². The van der Waals surface area contributed by atoms with Gasteiger partial charge in [0.2, 0.25) is 6.20 Å². The zero-order chi connectivity index (χ0) is 15.2. The third-order valence-electron chi connectivity index (χ3n) is 2.64. The van der Waals surface area contributed by atoms with Gasteiger partial charge in [0, 0.05) is 6.08 Å². The van der Waals surface area contributed by atoms with Gasteiger partial charge < -0.3 is 4.74 Å². The number of benzene rings is 2. The molecule has 0 saturated heterocycles. The van der Waals surface area contributed by atoms with Crippen LogP contribution in [0.25, 0.3) is 6.08 Å². The smallest absolute Gasteiger partial charge is 0.235 e. The van der Waals surface area contributed by atoms with E-state index in [2.05, 4.69) is 0 Å². The number of ether oxygens (including phenoxy) is 1. The van der Waals surface area contributed by atoms with E-state index >= 15 is 0 Å². The molecule has 0 spiro atoms. The maximum absolute atomic E-state index is 10.3. The van der Waals surface area contributed by atoms with Crippen molar-refractivity contribution in [2.75, 3.05) is 0 Å². The molecule has 6 heteroatoms. The van der Waals surface area contributed by atoms with Gasteiger partial charge in [0.1, 0.15) is 12.4 Å². The van der Waals surface area contributed by atoms with Crippen molar-refractivity contribution in [1.29, 1.82) is 0 Å². The topological polar surface area (TPSA) is 52.4 Å². The largest absolute Gasteiger partial charge is 0.489 e. The molecule has 0 aromatic heterocycles. The summed E-state index contributed by atoms with van der Waals surface area (Å²) in [4.78, 5) is 9.78. The molecule has 0 unspecified atom stereocenters. The first-order valence-electron chi connectivity index (χ1n) is 6.03. The molecule has 0 amide bonds. The van der Waals surface area contributed by atoms with Crippen LogP contribution < -0.4 is 4.74 Å². The maximum Gasteiger partial charge on any atom is 0.235 e. The predicted octanol–water partition coefficient (Wildman–Crippen LogP) is 4.82. The molecule has 108 valence electrons. The summed E-state index contributed by atoms with van der Waals surface area (Å²) in [6.45, 7) is 0.333. The first-order chi connectivity index (χ1) is 10.0. The van der Waals surface area contributed by atoms with Gasteiger partial charge in [0.25, 0.3) is 0 Å². The van der Waals surface area contributed by atoms with Gasteiger partial charge in [-0.2, -0.15) is 0 Å². The molecule has 0 saturated carbocycles. The fourth-order valence-electron chi connectivity index (χ4n) is 1.65. The highest BCUT2D eigenvalue weighted by molar-refractivity contribution is 6.42. The van der Waals surface area contributed by atoms with E-state index in [4.69, 9.17) is 27.9 Å². The van der Waals surface area contributed by atoms with Crippen LogP contribution in [-0.4, -0.2) is 4.92 Å². The van der Waals surface area contributed by atoms with Gasteiger partial charge in [-0.25, -0.2) is 0 Å². The number of nitro groups is 1. The summed E-state index contributed by atoms with van der Waals surface area (Å²) >= 11 is 11.8. The summed E-state index contributed by atoms with van der Waals surface area (Å²) < 4.78 is 5.63. The Hall–Kier alpha value is -2.04. The summed E-state index contributed by atoms with van der Waals surface area (Å²) in [5, 5.41) is 11.3. The predicted molar refractivity (Wildman–Crippen MR) is 83.3 cm³/mol. The number of rotatable bonds is 5.